The molecule has 1 saturated heterocycles. The lowest BCUT2D eigenvalue weighted by Crippen LogP contribution is -2.49. The van der Waals surface area contributed by atoms with Crippen molar-refractivity contribution < 1.29 is 13.6 Å². The van der Waals surface area contributed by atoms with E-state index in [1.807, 2.05) is 6.92 Å². The van der Waals surface area contributed by atoms with Crippen molar-refractivity contribution in [2.45, 2.75) is 26.4 Å². The molecule has 1 aromatic heterocycles. The molecule has 0 aliphatic carbocycles. The molecular formula is C25H24ClF2N3O2. The van der Waals surface area contributed by atoms with Gasteiger partial charge in [0, 0.05) is 43.4 Å². The number of benzene rings is 2. The van der Waals surface area contributed by atoms with Crippen LogP contribution < -0.4 is 15.6 Å². The number of aromatic nitrogens is 1. The molecule has 172 valence electrons. The van der Waals surface area contributed by atoms with Gasteiger partial charge in [-0.2, -0.15) is 0 Å². The number of allylic oxidation sites excluding steroid dienone is 1. The first-order valence-electron chi connectivity index (χ1n) is 10.8. The zero-order valence-electron chi connectivity index (χ0n) is 18.4. The highest BCUT2D eigenvalue weighted by Crippen LogP contribution is 2.31. The van der Waals surface area contributed by atoms with Gasteiger partial charge in [0.15, 0.2) is 11.6 Å². The second-order valence-electron chi connectivity index (χ2n) is 8.13. The standard InChI is InChI=1S/C25H24ClF2N3O2/c1-3-30-14-19(21(32)9-6-16-4-7-17(26)8-5-16)25(33)18-12-20(27)24(22(28)23(18)30)31-11-10-29-15(2)13-31/h4-9,12,14-15,29H,3,10-11,13H2,1-2H3. The summed E-state index contributed by atoms with van der Waals surface area (Å²) in [4.78, 5) is 27.6. The van der Waals surface area contributed by atoms with Gasteiger partial charge in [-0.25, -0.2) is 8.78 Å². The van der Waals surface area contributed by atoms with Crippen LogP contribution in [0.2, 0.25) is 5.02 Å². The lowest BCUT2D eigenvalue weighted by Gasteiger charge is -2.34. The molecular weight excluding hydrogens is 448 g/mol. The van der Waals surface area contributed by atoms with Gasteiger partial charge in [0.1, 0.15) is 11.5 Å². The van der Waals surface area contributed by atoms with E-state index in [9.17, 15) is 9.59 Å². The summed E-state index contributed by atoms with van der Waals surface area (Å²) in [6.07, 6.45) is 4.19. The largest absolute Gasteiger partial charge is 0.364 e. The normalized spacial score (nSPS) is 16.6. The molecule has 0 radical (unpaired) electrons. The number of fused-ring (bicyclic) bond motifs is 1. The Labute approximate surface area is 195 Å². The van der Waals surface area contributed by atoms with Gasteiger partial charge in [0.25, 0.3) is 0 Å². The molecule has 8 heteroatoms. The molecule has 4 rings (SSSR count). The van der Waals surface area contributed by atoms with Crippen LogP contribution in [0.25, 0.3) is 17.0 Å². The summed E-state index contributed by atoms with van der Waals surface area (Å²) in [5, 5.41) is 3.66. The molecule has 0 bridgehead atoms. The number of carbonyl (C=O) groups is 1. The van der Waals surface area contributed by atoms with Crippen molar-refractivity contribution >= 4 is 40.1 Å². The lowest BCUT2D eigenvalue weighted by molar-refractivity contribution is 0.104. The highest BCUT2D eigenvalue weighted by molar-refractivity contribution is 6.30. The smallest absolute Gasteiger partial charge is 0.200 e. The maximum absolute atomic E-state index is 15.6. The van der Waals surface area contributed by atoms with Crippen LogP contribution in [-0.2, 0) is 6.54 Å². The van der Waals surface area contributed by atoms with Crippen molar-refractivity contribution in [1.29, 1.82) is 0 Å². The van der Waals surface area contributed by atoms with Crippen LogP contribution in [0, 0.1) is 11.6 Å². The molecule has 1 atom stereocenters. The Kier molecular flexibility index (Phi) is 6.63. The predicted octanol–water partition coefficient (Wildman–Crippen LogP) is 4.65. The van der Waals surface area contributed by atoms with Gasteiger partial charge in [-0.3, -0.25) is 9.59 Å². The van der Waals surface area contributed by atoms with Gasteiger partial charge < -0.3 is 14.8 Å². The van der Waals surface area contributed by atoms with E-state index in [-0.39, 0.29) is 28.2 Å². The van der Waals surface area contributed by atoms with Crippen LogP contribution in [0.5, 0.6) is 0 Å². The van der Waals surface area contributed by atoms with Crippen molar-refractivity contribution in [3.63, 3.8) is 0 Å². The summed E-state index contributed by atoms with van der Waals surface area (Å²) in [6.45, 7) is 5.52. The first kappa shape index (κ1) is 23.1. The van der Waals surface area contributed by atoms with E-state index in [2.05, 4.69) is 5.32 Å². The van der Waals surface area contributed by atoms with Gasteiger partial charge >= 0.3 is 0 Å². The molecule has 1 aliphatic rings. The SMILES string of the molecule is CCn1cc(C(=O)C=Cc2ccc(Cl)cc2)c(=O)c2cc(F)c(N3CCNC(C)C3)c(F)c21. The molecule has 5 nitrogen and oxygen atoms in total. The molecule has 1 unspecified atom stereocenters. The molecule has 3 aromatic rings. The summed E-state index contributed by atoms with van der Waals surface area (Å²) < 4.78 is 32.2. The Bertz CT molecular complexity index is 1300. The third-order valence-corrected chi connectivity index (χ3v) is 6.07. The number of pyridine rings is 1. The van der Waals surface area contributed by atoms with Gasteiger partial charge in [0.05, 0.1) is 16.5 Å². The molecule has 2 heterocycles. The minimum Gasteiger partial charge on any atom is -0.364 e. The summed E-state index contributed by atoms with van der Waals surface area (Å²) >= 11 is 5.87. The third-order valence-electron chi connectivity index (χ3n) is 5.82. The fourth-order valence-electron chi connectivity index (χ4n) is 4.16. The van der Waals surface area contributed by atoms with E-state index < -0.39 is 22.8 Å². The maximum atomic E-state index is 15.6. The van der Waals surface area contributed by atoms with E-state index in [1.54, 1.807) is 42.2 Å². The highest BCUT2D eigenvalue weighted by atomic mass is 35.5. The Morgan fingerprint density at radius 2 is 2.00 bits per heavy atom. The summed E-state index contributed by atoms with van der Waals surface area (Å²) in [6, 6.07) is 7.98. The Hall–Kier alpha value is -3.03. The number of aryl methyl sites for hydroxylation is 1. The third kappa shape index (κ3) is 4.56. The molecule has 1 fully saturated rings. The van der Waals surface area contributed by atoms with Gasteiger partial charge in [0.2, 0.25) is 5.43 Å². The predicted molar refractivity (Wildman–Crippen MR) is 128 cm³/mol. The molecule has 0 amide bonds. The van der Waals surface area contributed by atoms with Gasteiger partial charge in [-0.05, 0) is 43.7 Å². The zero-order valence-corrected chi connectivity index (χ0v) is 19.1. The number of nitrogens with zero attached hydrogens (tertiary/aromatic N) is 2. The number of piperazine rings is 1. The van der Waals surface area contributed by atoms with E-state index in [4.69, 9.17) is 11.6 Å². The quantitative estimate of drug-likeness (QED) is 0.435. The van der Waals surface area contributed by atoms with E-state index in [0.717, 1.165) is 11.6 Å². The molecule has 0 saturated carbocycles. The molecule has 2 aromatic carbocycles. The van der Waals surface area contributed by atoms with Crippen molar-refractivity contribution in [2.75, 3.05) is 24.5 Å². The minimum absolute atomic E-state index is 0.00307. The number of rotatable bonds is 5. The first-order valence-corrected chi connectivity index (χ1v) is 11.2. The van der Waals surface area contributed by atoms with Crippen molar-refractivity contribution in [3.05, 3.63) is 80.6 Å². The van der Waals surface area contributed by atoms with Crippen molar-refractivity contribution in [1.82, 2.24) is 9.88 Å². The van der Waals surface area contributed by atoms with Crippen LogP contribution in [0.4, 0.5) is 14.5 Å². The van der Waals surface area contributed by atoms with Crippen LogP contribution >= 0.6 is 11.6 Å². The van der Waals surface area contributed by atoms with Crippen LogP contribution in [0.15, 0.2) is 47.4 Å². The van der Waals surface area contributed by atoms with Crippen LogP contribution in [-0.4, -0.2) is 36.0 Å². The lowest BCUT2D eigenvalue weighted by atomic mass is 10.0. The molecule has 33 heavy (non-hydrogen) atoms. The summed E-state index contributed by atoms with van der Waals surface area (Å²) in [5.41, 5.74) is -0.241. The van der Waals surface area contributed by atoms with Crippen molar-refractivity contribution in [3.8, 4) is 0 Å². The van der Waals surface area contributed by atoms with Gasteiger partial charge in [-0.1, -0.05) is 29.8 Å². The average Bonchev–Trinajstić information content (AvgIpc) is 2.79. The monoisotopic (exact) mass is 471 g/mol. The topological polar surface area (TPSA) is 54.3 Å². The van der Waals surface area contributed by atoms with E-state index in [0.29, 0.717) is 31.2 Å². The number of carbonyl (C=O) groups excluding carboxylic acids is 1. The zero-order chi connectivity index (χ0) is 23.7. The molecule has 1 N–H and O–H groups in total. The fourth-order valence-corrected chi connectivity index (χ4v) is 4.29. The molecule has 0 spiro atoms. The Morgan fingerprint density at radius 1 is 1.27 bits per heavy atom. The van der Waals surface area contributed by atoms with Crippen LogP contribution in [0.3, 0.4) is 0 Å². The average molecular weight is 472 g/mol. The second kappa shape index (κ2) is 9.45. The van der Waals surface area contributed by atoms with Crippen molar-refractivity contribution in [2.24, 2.45) is 0 Å². The number of anilines is 1. The second-order valence-corrected chi connectivity index (χ2v) is 8.56. The van der Waals surface area contributed by atoms with E-state index in [1.165, 1.54) is 16.8 Å². The highest BCUT2D eigenvalue weighted by Gasteiger charge is 2.26. The number of hydrogen-bond donors (Lipinski definition) is 1. The Morgan fingerprint density at radius 3 is 2.67 bits per heavy atom. The summed E-state index contributed by atoms with van der Waals surface area (Å²) in [5.74, 6) is -2.14. The number of halogens is 3. The van der Waals surface area contributed by atoms with E-state index >= 15 is 8.78 Å². The number of hydrogen-bond acceptors (Lipinski definition) is 4. The van der Waals surface area contributed by atoms with Gasteiger partial charge in [-0.15, -0.1) is 0 Å². The first-order chi connectivity index (χ1) is 15.8. The molecule has 1 aliphatic heterocycles. The fraction of sp³-hybridized carbons (Fsp3) is 0.280. The maximum Gasteiger partial charge on any atom is 0.200 e. The van der Waals surface area contributed by atoms with Crippen LogP contribution in [0.1, 0.15) is 29.8 Å². The minimum atomic E-state index is -0.810. The Balaban J connectivity index is 1.80. The number of nitrogens with one attached hydrogen (secondary N) is 1. The number of ketones is 1. The summed E-state index contributed by atoms with van der Waals surface area (Å²) in [7, 11) is 0.